The molecule has 1 aromatic rings. The number of rotatable bonds is 5. The zero-order valence-electron chi connectivity index (χ0n) is 15.0. The molecule has 5 heteroatoms. The Bertz CT molecular complexity index is 619. The number of carbonyl (C=O) groups is 1. The monoisotopic (exact) mass is 330 g/mol. The van der Waals surface area contributed by atoms with Crippen molar-refractivity contribution in [3.63, 3.8) is 0 Å². The van der Waals surface area contributed by atoms with Gasteiger partial charge >= 0.3 is 6.09 Å². The first-order chi connectivity index (χ1) is 11.1. The third-order valence-corrected chi connectivity index (χ3v) is 3.18. The molecule has 24 heavy (non-hydrogen) atoms. The summed E-state index contributed by atoms with van der Waals surface area (Å²) in [5.41, 5.74) is 1.18. The average molecular weight is 330 g/mol. The summed E-state index contributed by atoms with van der Waals surface area (Å²) < 4.78 is 5.22. The van der Waals surface area contributed by atoms with Crippen LogP contribution in [-0.2, 0) is 11.2 Å². The van der Waals surface area contributed by atoms with Gasteiger partial charge in [0.1, 0.15) is 5.60 Å². The Labute approximate surface area is 144 Å². The fourth-order valence-electron chi connectivity index (χ4n) is 2.12. The molecule has 0 aromatic heterocycles. The SMILES string of the molecule is CC(C)C[C@@H](O)/C(Cc1ccc(C#N)cc1)=N\C(=O)OC(C)(C)C. The predicted octanol–water partition coefficient (Wildman–Crippen LogP) is 3.88. The van der Waals surface area contributed by atoms with Crippen molar-refractivity contribution in [2.45, 2.75) is 59.2 Å². The number of hydrogen-bond acceptors (Lipinski definition) is 4. The van der Waals surface area contributed by atoms with Crippen molar-refractivity contribution in [2.75, 3.05) is 0 Å². The number of carbonyl (C=O) groups excluding carboxylic acids is 1. The van der Waals surface area contributed by atoms with Crippen LogP contribution in [0.5, 0.6) is 0 Å². The summed E-state index contributed by atoms with van der Waals surface area (Å²) in [4.78, 5) is 16.0. The van der Waals surface area contributed by atoms with Gasteiger partial charge in [-0.1, -0.05) is 26.0 Å². The number of hydrogen-bond donors (Lipinski definition) is 1. The van der Waals surface area contributed by atoms with Crippen LogP contribution >= 0.6 is 0 Å². The van der Waals surface area contributed by atoms with E-state index in [1.54, 1.807) is 45.0 Å². The van der Waals surface area contributed by atoms with Crippen LogP contribution in [-0.4, -0.2) is 28.6 Å². The van der Waals surface area contributed by atoms with Gasteiger partial charge in [-0.15, -0.1) is 0 Å². The number of aliphatic hydroxyl groups excluding tert-OH is 1. The van der Waals surface area contributed by atoms with E-state index in [9.17, 15) is 9.90 Å². The van der Waals surface area contributed by atoms with Gasteiger partial charge in [0, 0.05) is 6.42 Å². The van der Waals surface area contributed by atoms with Crippen LogP contribution < -0.4 is 0 Å². The second kappa shape index (κ2) is 8.60. The number of nitrogens with zero attached hydrogens (tertiary/aromatic N) is 2. The first kappa shape index (κ1) is 19.9. The third-order valence-electron chi connectivity index (χ3n) is 3.18. The molecule has 0 aliphatic rings. The van der Waals surface area contributed by atoms with E-state index in [0.29, 0.717) is 24.1 Å². The summed E-state index contributed by atoms with van der Waals surface area (Å²) in [6, 6.07) is 9.06. The molecule has 0 saturated heterocycles. The lowest BCUT2D eigenvalue weighted by Crippen LogP contribution is -2.28. The summed E-state index contributed by atoms with van der Waals surface area (Å²) >= 11 is 0. The van der Waals surface area contributed by atoms with Crippen molar-refractivity contribution in [3.05, 3.63) is 35.4 Å². The molecule has 1 atom stereocenters. The highest BCUT2D eigenvalue weighted by molar-refractivity contribution is 5.97. The van der Waals surface area contributed by atoms with Crippen LogP contribution in [0, 0.1) is 17.2 Å². The van der Waals surface area contributed by atoms with E-state index in [4.69, 9.17) is 10.00 Å². The van der Waals surface area contributed by atoms with Gasteiger partial charge in [-0.2, -0.15) is 10.3 Å². The molecule has 0 unspecified atom stereocenters. The molecule has 5 nitrogen and oxygen atoms in total. The number of ether oxygens (including phenoxy) is 1. The highest BCUT2D eigenvalue weighted by Gasteiger charge is 2.20. The Morgan fingerprint density at radius 3 is 2.33 bits per heavy atom. The van der Waals surface area contributed by atoms with Gasteiger partial charge in [-0.05, 0) is 50.8 Å². The maximum Gasteiger partial charge on any atom is 0.434 e. The Morgan fingerprint density at radius 2 is 1.88 bits per heavy atom. The summed E-state index contributed by atoms with van der Waals surface area (Å²) in [5, 5.41) is 19.2. The molecule has 0 fully saturated rings. The fourth-order valence-corrected chi connectivity index (χ4v) is 2.12. The lowest BCUT2D eigenvalue weighted by molar-refractivity contribution is 0.0600. The van der Waals surface area contributed by atoms with E-state index in [1.165, 1.54) is 0 Å². The van der Waals surface area contributed by atoms with Crippen LogP contribution in [0.25, 0.3) is 0 Å². The van der Waals surface area contributed by atoms with Crippen LogP contribution in [0.4, 0.5) is 4.79 Å². The molecule has 1 rings (SSSR count). The van der Waals surface area contributed by atoms with Gasteiger partial charge in [0.05, 0.1) is 23.4 Å². The van der Waals surface area contributed by atoms with Crippen molar-refractivity contribution in [1.82, 2.24) is 0 Å². The average Bonchev–Trinajstić information content (AvgIpc) is 2.44. The summed E-state index contributed by atoms with van der Waals surface area (Å²) in [6.07, 6.45) is -0.668. The lowest BCUT2D eigenvalue weighted by Gasteiger charge is -2.19. The van der Waals surface area contributed by atoms with Crippen molar-refractivity contribution < 1.29 is 14.6 Å². The van der Waals surface area contributed by atoms with E-state index < -0.39 is 17.8 Å². The molecule has 130 valence electrons. The van der Waals surface area contributed by atoms with Gasteiger partial charge in [-0.3, -0.25) is 0 Å². The highest BCUT2D eigenvalue weighted by atomic mass is 16.6. The van der Waals surface area contributed by atoms with Crippen molar-refractivity contribution in [3.8, 4) is 6.07 Å². The Kier molecular flexibility index (Phi) is 7.12. The van der Waals surface area contributed by atoms with Crippen molar-refractivity contribution in [2.24, 2.45) is 10.9 Å². The number of nitriles is 1. The van der Waals surface area contributed by atoms with E-state index >= 15 is 0 Å². The molecule has 0 saturated carbocycles. The normalized spacial score (nSPS) is 13.5. The number of benzene rings is 1. The van der Waals surface area contributed by atoms with Crippen LogP contribution in [0.2, 0.25) is 0 Å². The highest BCUT2D eigenvalue weighted by Crippen LogP contribution is 2.14. The van der Waals surface area contributed by atoms with Gasteiger partial charge in [-0.25, -0.2) is 4.79 Å². The minimum atomic E-state index is -0.812. The summed E-state index contributed by atoms with van der Waals surface area (Å²) in [7, 11) is 0. The first-order valence-corrected chi connectivity index (χ1v) is 8.08. The van der Waals surface area contributed by atoms with E-state index in [2.05, 4.69) is 11.1 Å². The molecule has 0 aliphatic carbocycles. The maximum atomic E-state index is 12.0. The Hall–Kier alpha value is -2.19. The molecule has 0 aliphatic heterocycles. The minimum Gasteiger partial charge on any atom is -0.442 e. The standard InChI is InChI=1S/C19H26N2O3/c1-13(2)10-17(22)16(21-18(23)24-19(3,4)5)11-14-6-8-15(12-20)9-7-14/h6-9,13,17,22H,10-11H2,1-5H3/b21-16-/t17-/m1/s1. The number of aliphatic hydroxyl groups is 1. The Balaban J connectivity index is 2.99. The Morgan fingerprint density at radius 1 is 1.29 bits per heavy atom. The zero-order chi connectivity index (χ0) is 18.3. The molecule has 0 spiro atoms. The molecular formula is C19H26N2O3. The lowest BCUT2D eigenvalue weighted by atomic mass is 9.97. The van der Waals surface area contributed by atoms with Crippen LogP contribution in [0.1, 0.15) is 52.2 Å². The van der Waals surface area contributed by atoms with Gasteiger partial charge in [0.2, 0.25) is 0 Å². The molecule has 0 heterocycles. The summed E-state index contributed by atoms with van der Waals surface area (Å²) in [6.45, 7) is 9.30. The summed E-state index contributed by atoms with van der Waals surface area (Å²) in [5.74, 6) is 0.268. The molecule has 1 N–H and O–H groups in total. The second-order valence-corrected chi connectivity index (χ2v) is 7.21. The second-order valence-electron chi connectivity index (χ2n) is 7.21. The predicted molar refractivity (Wildman–Crippen MR) is 94.0 cm³/mol. The number of amides is 1. The van der Waals surface area contributed by atoms with E-state index in [1.807, 2.05) is 13.8 Å². The van der Waals surface area contributed by atoms with E-state index in [-0.39, 0.29) is 5.92 Å². The van der Waals surface area contributed by atoms with Crippen molar-refractivity contribution in [1.29, 1.82) is 5.26 Å². The molecule has 0 bridgehead atoms. The largest absolute Gasteiger partial charge is 0.442 e. The smallest absolute Gasteiger partial charge is 0.434 e. The minimum absolute atomic E-state index is 0.268. The molecular weight excluding hydrogens is 304 g/mol. The maximum absolute atomic E-state index is 12.0. The van der Waals surface area contributed by atoms with Crippen LogP contribution in [0.3, 0.4) is 0 Å². The molecule has 0 radical (unpaired) electrons. The molecule has 1 amide bonds. The molecule has 1 aromatic carbocycles. The zero-order valence-corrected chi connectivity index (χ0v) is 15.0. The third kappa shape index (κ3) is 7.38. The number of aliphatic imine (C=N–C) groups is 1. The van der Waals surface area contributed by atoms with Gasteiger partial charge < -0.3 is 9.84 Å². The first-order valence-electron chi connectivity index (χ1n) is 8.08. The van der Waals surface area contributed by atoms with Crippen molar-refractivity contribution >= 4 is 11.8 Å². The quantitative estimate of drug-likeness (QED) is 0.830. The fraction of sp³-hybridized carbons (Fsp3) is 0.526. The van der Waals surface area contributed by atoms with Crippen LogP contribution in [0.15, 0.2) is 29.3 Å². The van der Waals surface area contributed by atoms with Gasteiger partial charge in [0.15, 0.2) is 0 Å². The van der Waals surface area contributed by atoms with Gasteiger partial charge in [0.25, 0.3) is 0 Å². The van der Waals surface area contributed by atoms with E-state index in [0.717, 1.165) is 5.56 Å². The topological polar surface area (TPSA) is 82.7 Å².